The molecular weight excluding hydrogens is 338 g/mol. The molecule has 0 bridgehead atoms. The lowest BCUT2D eigenvalue weighted by atomic mass is 9.92. The molecule has 0 amide bonds. The topological polar surface area (TPSA) is 63.9 Å². The van der Waals surface area contributed by atoms with Crippen LogP contribution in [0.2, 0.25) is 0 Å². The smallest absolute Gasteiger partial charge is 0.266 e. The summed E-state index contributed by atoms with van der Waals surface area (Å²) in [4.78, 5) is 24.2. The van der Waals surface area contributed by atoms with Crippen molar-refractivity contribution in [3.63, 3.8) is 0 Å². The Bertz CT molecular complexity index is 894. The zero-order valence-electron chi connectivity index (χ0n) is 16.8. The van der Waals surface area contributed by atoms with Gasteiger partial charge in [0.25, 0.3) is 5.56 Å². The minimum Gasteiger partial charge on any atom is -0.352 e. The van der Waals surface area contributed by atoms with Crippen molar-refractivity contribution in [1.82, 2.24) is 19.7 Å². The average molecular weight is 367 g/mol. The zero-order chi connectivity index (χ0) is 19.2. The molecule has 27 heavy (non-hydrogen) atoms. The zero-order valence-corrected chi connectivity index (χ0v) is 16.8. The second-order valence-electron chi connectivity index (χ2n) is 8.98. The van der Waals surface area contributed by atoms with Gasteiger partial charge < -0.3 is 4.90 Å². The first kappa shape index (κ1) is 18.1. The van der Waals surface area contributed by atoms with Crippen LogP contribution in [0.15, 0.2) is 23.0 Å². The molecule has 4 rings (SSSR count). The van der Waals surface area contributed by atoms with Crippen molar-refractivity contribution in [3.05, 3.63) is 45.8 Å². The summed E-state index contributed by atoms with van der Waals surface area (Å²) in [5, 5.41) is 4.65. The van der Waals surface area contributed by atoms with E-state index in [9.17, 15) is 4.79 Å². The molecule has 2 aliphatic rings. The van der Waals surface area contributed by atoms with Crippen LogP contribution in [0.1, 0.15) is 69.6 Å². The lowest BCUT2D eigenvalue weighted by Gasteiger charge is -2.27. The Morgan fingerprint density at radius 2 is 1.93 bits per heavy atom. The van der Waals surface area contributed by atoms with E-state index in [0.29, 0.717) is 12.5 Å². The Morgan fingerprint density at radius 1 is 1.15 bits per heavy atom. The Kier molecular flexibility index (Phi) is 4.52. The van der Waals surface area contributed by atoms with Crippen LogP contribution in [0.5, 0.6) is 0 Å². The first-order valence-corrected chi connectivity index (χ1v) is 10.0. The van der Waals surface area contributed by atoms with E-state index in [-0.39, 0.29) is 17.0 Å². The third-order valence-electron chi connectivity index (χ3n) is 5.49. The van der Waals surface area contributed by atoms with E-state index in [1.54, 1.807) is 10.7 Å². The van der Waals surface area contributed by atoms with Crippen molar-refractivity contribution in [2.75, 3.05) is 11.4 Å². The summed E-state index contributed by atoms with van der Waals surface area (Å²) >= 11 is 0. The minimum atomic E-state index is -0.0756. The van der Waals surface area contributed by atoms with Gasteiger partial charge in [-0.3, -0.25) is 4.79 Å². The molecule has 1 saturated heterocycles. The van der Waals surface area contributed by atoms with Gasteiger partial charge in [-0.15, -0.1) is 0 Å². The highest BCUT2D eigenvalue weighted by molar-refractivity contribution is 5.43. The molecule has 1 aliphatic heterocycles. The number of rotatable bonds is 4. The first-order chi connectivity index (χ1) is 12.8. The van der Waals surface area contributed by atoms with Crippen molar-refractivity contribution in [2.45, 2.75) is 77.3 Å². The maximum atomic E-state index is 12.4. The van der Waals surface area contributed by atoms with E-state index in [2.05, 4.69) is 41.8 Å². The molecule has 0 aromatic carbocycles. The molecule has 1 aliphatic carbocycles. The van der Waals surface area contributed by atoms with E-state index < -0.39 is 0 Å². The van der Waals surface area contributed by atoms with E-state index >= 15 is 0 Å². The maximum Gasteiger partial charge on any atom is 0.266 e. The van der Waals surface area contributed by atoms with Gasteiger partial charge in [-0.1, -0.05) is 20.8 Å². The Hall–Kier alpha value is -2.24. The summed E-state index contributed by atoms with van der Waals surface area (Å²) in [7, 11) is 0. The van der Waals surface area contributed by atoms with Crippen molar-refractivity contribution in [2.24, 2.45) is 0 Å². The summed E-state index contributed by atoms with van der Waals surface area (Å²) in [6, 6.07) is 5.81. The van der Waals surface area contributed by atoms with E-state index in [1.807, 2.05) is 13.0 Å². The Morgan fingerprint density at radius 3 is 2.63 bits per heavy atom. The fourth-order valence-electron chi connectivity index (χ4n) is 3.75. The summed E-state index contributed by atoms with van der Waals surface area (Å²) in [5.41, 5.74) is 1.86. The normalized spacial score (nSPS) is 20.3. The highest BCUT2D eigenvalue weighted by Crippen LogP contribution is 2.39. The molecule has 1 atom stereocenters. The van der Waals surface area contributed by atoms with Crippen LogP contribution < -0.4 is 10.5 Å². The number of aryl methyl sites for hydroxylation is 1. The third kappa shape index (κ3) is 3.89. The lowest BCUT2D eigenvalue weighted by Crippen LogP contribution is -2.38. The number of hydrogen-bond donors (Lipinski definition) is 0. The highest BCUT2D eigenvalue weighted by Gasteiger charge is 2.31. The van der Waals surface area contributed by atoms with Crippen molar-refractivity contribution < 1.29 is 0 Å². The van der Waals surface area contributed by atoms with Gasteiger partial charge in [0.15, 0.2) is 0 Å². The van der Waals surface area contributed by atoms with Gasteiger partial charge >= 0.3 is 0 Å². The van der Waals surface area contributed by atoms with Crippen LogP contribution in [0, 0.1) is 6.92 Å². The van der Waals surface area contributed by atoms with Gasteiger partial charge in [0.05, 0.1) is 18.3 Å². The molecular formula is C21H29N5O. The summed E-state index contributed by atoms with van der Waals surface area (Å²) in [6.45, 7) is 9.98. The summed E-state index contributed by atoms with van der Waals surface area (Å²) < 4.78 is 1.64. The molecule has 2 fully saturated rings. The summed E-state index contributed by atoms with van der Waals surface area (Å²) in [6.07, 6.45) is 4.56. The van der Waals surface area contributed by atoms with Crippen LogP contribution >= 0.6 is 0 Å². The van der Waals surface area contributed by atoms with E-state index in [4.69, 9.17) is 4.98 Å². The van der Waals surface area contributed by atoms with E-state index in [1.165, 1.54) is 12.8 Å². The van der Waals surface area contributed by atoms with Crippen LogP contribution in [-0.2, 0) is 12.0 Å². The molecule has 0 radical (unpaired) electrons. The van der Waals surface area contributed by atoms with E-state index in [0.717, 1.165) is 42.4 Å². The van der Waals surface area contributed by atoms with Gasteiger partial charge in [-0.25, -0.2) is 14.6 Å². The predicted octanol–water partition coefficient (Wildman–Crippen LogP) is 3.19. The summed E-state index contributed by atoms with van der Waals surface area (Å²) in [5.74, 6) is 2.53. The second kappa shape index (κ2) is 6.73. The second-order valence-corrected chi connectivity index (χ2v) is 8.98. The molecule has 1 unspecified atom stereocenters. The minimum absolute atomic E-state index is 0.0348. The number of anilines is 1. The Labute approximate surface area is 160 Å². The molecule has 6 heteroatoms. The fourth-order valence-corrected chi connectivity index (χ4v) is 3.75. The van der Waals surface area contributed by atoms with Crippen molar-refractivity contribution in [3.8, 4) is 0 Å². The van der Waals surface area contributed by atoms with Gasteiger partial charge in [0, 0.05) is 35.7 Å². The highest BCUT2D eigenvalue weighted by atomic mass is 16.1. The van der Waals surface area contributed by atoms with Crippen LogP contribution in [-0.4, -0.2) is 32.3 Å². The largest absolute Gasteiger partial charge is 0.352 e. The maximum absolute atomic E-state index is 12.4. The van der Waals surface area contributed by atoms with Gasteiger partial charge in [0.2, 0.25) is 0 Å². The lowest BCUT2D eigenvalue weighted by molar-refractivity contribution is 0.456. The molecule has 0 N–H and O–H groups in total. The molecule has 2 aromatic heterocycles. The van der Waals surface area contributed by atoms with Crippen LogP contribution in [0.4, 0.5) is 5.82 Å². The van der Waals surface area contributed by atoms with Crippen molar-refractivity contribution in [1.29, 1.82) is 0 Å². The predicted molar refractivity (Wildman–Crippen MR) is 106 cm³/mol. The fraction of sp³-hybridized carbons (Fsp3) is 0.619. The molecule has 2 aromatic rings. The molecule has 144 valence electrons. The quantitative estimate of drug-likeness (QED) is 0.830. The van der Waals surface area contributed by atoms with Crippen LogP contribution in [0.3, 0.4) is 0 Å². The Balaban J connectivity index is 1.60. The molecule has 6 nitrogen and oxygen atoms in total. The van der Waals surface area contributed by atoms with Gasteiger partial charge in [0.1, 0.15) is 11.6 Å². The number of nitrogens with zero attached hydrogens (tertiary/aromatic N) is 5. The van der Waals surface area contributed by atoms with Crippen LogP contribution in [0.25, 0.3) is 0 Å². The standard InChI is InChI=1S/C21H29N5O/c1-14-12-18(23-20(22-14)15-7-8-15)25-11-5-6-16(25)13-26-19(27)10-9-17(24-26)21(2,3)4/h9-10,12,15-16H,5-8,11,13H2,1-4H3. The molecule has 0 spiro atoms. The molecule has 3 heterocycles. The number of hydrogen-bond acceptors (Lipinski definition) is 5. The van der Waals surface area contributed by atoms with Gasteiger partial charge in [-0.2, -0.15) is 5.10 Å². The van der Waals surface area contributed by atoms with Gasteiger partial charge in [-0.05, 0) is 38.7 Å². The third-order valence-corrected chi connectivity index (χ3v) is 5.49. The SMILES string of the molecule is Cc1cc(N2CCCC2Cn2nc(C(C)(C)C)ccc2=O)nc(C2CC2)n1. The first-order valence-electron chi connectivity index (χ1n) is 10.0. The average Bonchev–Trinajstić information content (AvgIpc) is 3.35. The monoisotopic (exact) mass is 367 g/mol. The number of aromatic nitrogens is 4. The molecule has 1 saturated carbocycles. The van der Waals surface area contributed by atoms with Crippen molar-refractivity contribution >= 4 is 5.82 Å².